The molecule has 154 valence electrons. The van der Waals surface area contributed by atoms with Crippen LogP contribution in [0.2, 0.25) is 0 Å². The Balaban J connectivity index is 1.59. The molecule has 2 aliphatic carbocycles. The fourth-order valence-electron chi connectivity index (χ4n) is 5.09. The van der Waals surface area contributed by atoms with Gasteiger partial charge in [0.15, 0.2) is 5.82 Å². The number of nitrogens with zero attached hydrogens (tertiary/aromatic N) is 2. The molecule has 3 fully saturated rings. The monoisotopic (exact) mass is 399 g/mol. The van der Waals surface area contributed by atoms with Crippen LogP contribution in [0.1, 0.15) is 59.5 Å². The Morgan fingerprint density at radius 1 is 1.34 bits per heavy atom. The first-order chi connectivity index (χ1) is 13.8. The Morgan fingerprint density at radius 3 is 2.69 bits per heavy atom. The van der Waals surface area contributed by atoms with Gasteiger partial charge in [0.1, 0.15) is 5.56 Å². The lowest BCUT2D eigenvalue weighted by atomic mass is 10.0. The minimum absolute atomic E-state index is 0.239. The molecule has 3 N–H and O–H groups in total. The van der Waals surface area contributed by atoms with Crippen LogP contribution in [0.3, 0.4) is 0 Å². The molecule has 29 heavy (non-hydrogen) atoms. The van der Waals surface area contributed by atoms with Crippen molar-refractivity contribution in [2.24, 2.45) is 17.6 Å². The van der Waals surface area contributed by atoms with E-state index in [0.29, 0.717) is 29.1 Å². The molecule has 1 saturated heterocycles. The van der Waals surface area contributed by atoms with Crippen LogP contribution >= 0.6 is 0 Å². The summed E-state index contributed by atoms with van der Waals surface area (Å²) in [6.07, 6.45) is 6.33. The summed E-state index contributed by atoms with van der Waals surface area (Å²) in [6.45, 7) is 3.44. The summed E-state index contributed by atoms with van der Waals surface area (Å²) < 4.78 is 16.4. The third kappa shape index (κ3) is 3.12. The average molecular weight is 399 g/mol. The predicted octanol–water partition coefficient (Wildman–Crippen LogP) is 2.89. The van der Waals surface area contributed by atoms with E-state index in [-0.39, 0.29) is 11.5 Å². The summed E-state index contributed by atoms with van der Waals surface area (Å²) in [5.41, 5.74) is 7.78. The highest BCUT2D eigenvalue weighted by Gasteiger charge is 2.38. The van der Waals surface area contributed by atoms with Crippen LogP contribution in [0.4, 0.5) is 10.1 Å². The van der Waals surface area contributed by atoms with Gasteiger partial charge in [-0.3, -0.25) is 9.20 Å². The third-order valence-electron chi connectivity index (χ3n) is 6.91. The summed E-state index contributed by atoms with van der Waals surface area (Å²) in [7, 11) is 0. The van der Waals surface area contributed by atoms with Crippen LogP contribution in [-0.2, 0) is 0 Å². The molecule has 0 radical (unpaired) electrons. The molecule has 0 spiro atoms. The van der Waals surface area contributed by atoms with E-state index >= 15 is 4.39 Å². The average Bonchev–Trinajstić information content (AvgIpc) is 3.57. The number of aromatic nitrogens is 1. The van der Waals surface area contributed by atoms with E-state index in [0.717, 1.165) is 56.3 Å². The first-order valence-corrected chi connectivity index (χ1v) is 10.5. The second kappa shape index (κ2) is 6.55. The summed E-state index contributed by atoms with van der Waals surface area (Å²) in [4.78, 5) is 26.3. The highest BCUT2D eigenvalue weighted by molar-refractivity contribution is 5.89. The van der Waals surface area contributed by atoms with Gasteiger partial charge in [0.25, 0.3) is 5.56 Å². The number of carboxylic acids is 1. The molecule has 3 atom stereocenters. The van der Waals surface area contributed by atoms with Crippen LogP contribution in [0, 0.1) is 24.6 Å². The number of aryl methyl sites for hydroxylation is 1. The van der Waals surface area contributed by atoms with Crippen molar-refractivity contribution >= 4 is 17.2 Å². The summed E-state index contributed by atoms with van der Waals surface area (Å²) in [5, 5.41) is 9.42. The summed E-state index contributed by atoms with van der Waals surface area (Å²) >= 11 is 0. The van der Waals surface area contributed by atoms with Gasteiger partial charge in [-0.25, -0.2) is 9.18 Å². The molecule has 3 unspecified atom stereocenters. The molecule has 0 aromatic carbocycles. The van der Waals surface area contributed by atoms with Gasteiger partial charge in [0, 0.05) is 19.1 Å². The minimum Gasteiger partial charge on any atom is -0.477 e. The van der Waals surface area contributed by atoms with E-state index in [1.807, 2.05) is 6.92 Å². The number of anilines is 1. The number of carbonyl (C=O) groups is 1. The smallest absolute Gasteiger partial charge is 0.341 e. The number of pyridine rings is 2. The maximum Gasteiger partial charge on any atom is 0.341 e. The van der Waals surface area contributed by atoms with Gasteiger partial charge < -0.3 is 15.7 Å². The van der Waals surface area contributed by atoms with E-state index in [1.54, 1.807) is 0 Å². The quantitative estimate of drug-likeness (QED) is 0.807. The number of halogens is 1. The van der Waals surface area contributed by atoms with Crippen LogP contribution in [0.5, 0.6) is 0 Å². The maximum absolute atomic E-state index is 15.2. The van der Waals surface area contributed by atoms with Crippen molar-refractivity contribution < 1.29 is 14.3 Å². The summed E-state index contributed by atoms with van der Waals surface area (Å²) in [6, 6.07) is 1.84. The molecular formula is C22H26FN3O3. The Labute approximate surface area is 168 Å². The molecule has 7 heteroatoms. The number of hydrogen-bond acceptors (Lipinski definition) is 4. The molecule has 3 heterocycles. The zero-order valence-corrected chi connectivity index (χ0v) is 16.5. The fraction of sp³-hybridized carbons (Fsp3) is 0.545. The second-order valence-electron chi connectivity index (χ2n) is 9.06. The van der Waals surface area contributed by atoms with Crippen molar-refractivity contribution in [3.63, 3.8) is 0 Å². The zero-order valence-electron chi connectivity index (χ0n) is 16.5. The number of nitrogens with two attached hydrogens (primary N) is 1. The number of rotatable bonds is 5. The van der Waals surface area contributed by atoms with Crippen molar-refractivity contribution in [3.05, 3.63) is 45.1 Å². The SMILES string of the molecule is Cc1c(N2CCC(CC3CC3N)C2)c(F)cn2c(=O)c(C(=O)O)cc(C3CC3)c12. The van der Waals surface area contributed by atoms with Gasteiger partial charge in [-0.1, -0.05) is 0 Å². The highest BCUT2D eigenvalue weighted by Crippen LogP contribution is 2.44. The van der Waals surface area contributed by atoms with E-state index in [4.69, 9.17) is 5.73 Å². The molecule has 0 bridgehead atoms. The zero-order chi connectivity index (χ0) is 20.4. The Bertz CT molecular complexity index is 1080. The molecule has 6 nitrogen and oxygen atoms in total. The third-order valence-corrected chi connectivity index (χ3v) is 6.91. The number of carboxylic acid groups (broad SMARTS) is 1. The van der Waals surface area contributed by atoms with Crippen molar-refractivity contribution in [3.8, 4) is 0 Å². The van der Waals surface area contributed by atoms with Crippen molar-refractivity contribution in [2.75, 3.05) is 18.0 Å². The summed E-state index contributed by atoms with van der Waals surface area (Å²) in [5.74, 6) is -0.373. The molecule has 2 aromatic rings. The van der Waals surface area contributed by atoms with E-state index < -0.39 is 17.3 Å². The Morgan fingerprint density at radius 2 is 2.07 bits per heavy atom. The van der Waals surface area contributed by atoms with Crippen molar-refractivity contribution in [1.29, 1.82) is 0 Å². The lowest BCUT2D eigenvalue weighted by Crippen LogP contribution is -2.27. The van der Waals surface area contributed by atoms with Crippen molar-refractivity contribution in [1.82, 2.24) is 4.40 Å². The Kier molecular flexibility index (Phi) is 4.21. The Hall–Kier alpha value is -2.41. The van der Waals surface area contributed by atoms with Gasteiger partial charge in [0.2, 0.25) is 0 Å². The minimum atomic E-state index is -1.27. The molecule has 1 aliphatic heterocycles. The van der Waals surface area contributed by atoms with Crippen LogP contribution in [0.25, 0.3) is 5.52 Å². The molecular weight excluding hydrogens is 373 g/mol. The molecule has 2 saturated carbocycles. The van der Waals surface area contributed by atoms with Crippen LogP contribution in [0.15, 0.2) is 17.1 Å². The van der Waals surface area contributed by atoms with Gasteiger partial charge in [-0.2, -0.15) is 0 Å². The largest absolute Gasteiger partial charge is 0.477 e. The normalized spacial score (nSPS) is 26.3. The number of hydrogen-bond donors (Lipinski definition) is 2. The van der Waals surface area contributed by atoms with Crippen LogP contribution in [-0.4, -0.2) is 34.6 Å². The van der Waals surface area contributed by atoms with Gasteiger partial charge in [0.05, 0.1) is 17.4 Å². The second-order valence-corrected chi connectivity index (χ2v) is 9.06. The first-order valence-electron chi connectivity index (χ1n) is 10.5. The first kappa shape index (κ1) is 18.6. The van der Waals surface area contributed by atoms with Gasteiger partial charge in [-0.15, -0.1) is 0 Å². The van der Waals surface area contributed by atoms with E-state index in [1.165, 1.54) is 16.7 Å². The molecule has 5 rings (SSSR count). The maximum atomic E-state index is 15.2. The van der Waals surface area contributed by atoms with E-state index in [9.17, 15) is 14.7 Å². The lowest BCUT2D eigenvalue weighted by Gasteiger charge is -2.24. The topological polar surface area (TPSA) is 88.0 Å². The number of aromatic carboxylic acids is 1. The van der Waals surface area contributed by atoms with Crippen molar-refractivity contribution in [2.45, 2.75) is 51.0 Å². The fourth-order valence-corrected chi connectivity index (χ4v) is 5.09. The molecule has 2 aromatic heterocycles. The van der Waals surface area contributed by atoms with E-state index in [2.05, 4.69) is 4.90 Å². The number of fused-ring (bicyclic) bond motifs is 1. The van der Waals surface area contributed by atoms with Gasteiger partial charge >= 0.3 is 5.97 Å². The standard InChI is InChI=1S/C22H26FN3O3/c1-11-19-15(13-2-3-13)8-16(22(28)29)21(27)26(19)10-17(23)20(11)25-5-4-12(9-25)6-14-7-18(14)24/h8,10,12-14,18H,2-7,9,24H2,1H3,(H,28,29). The lowest BCUT2D eigenvalue weighted by molar-refractivity contribution is 0.0694. The molecule has 0 amide bonds. The highest BCUT2D eigenvalue weighted by atomic mass is 19.1. The molecule has 3 aliphatic rings. The van der Waals surface area contributed by atoms with Gasteiger partial charge in [-0.05, 0) is 74.0 Å². The predicted molar refractivity (Wildman–Crippen MR) is 108 cm³/mol. The van der Waals surface area contributed by atoms with Crippen LogP contribution < -0.4 is 16.2 Å².